The third kappa shape index (κ3) is 15.8. The summed E-state index contributed by atoms with van der Waals surface area (Å²) in [7, 11) is 0. The van der Waals surface area contributed by atoms with Gasteiger partial charge in [-0.1, -0.05) is 29.3 Å². The Balaban J connectivity index is 0.000000281. The van der Waals surface area contributed by atoms with Gasteiger partial charge in [-0.25, -0.2) is 15.0 Å². The monoisotopic (exact) mass is 1150 g/mol. The molecule has 424 valence electrons. The number of imide groups is 2. The van der Waals surface area contributed by atoms with Crippen LogP contribution in [0.4, 0.5) is 0 Å². The van der Waals surface area contributed by atoms with E-state index in [1.807, 2.05) is 4.98 Å². The Bertz CT molecular complexity index is 2650. The number of H-pyrrole nitrogens is 1. The number of aliphatic hydroxyl groups excluding tert-OH is 2. The van der Waals surface area contributed by atoms with Crippen molar-refractivity contribution >= 4 is 77.7 Å². The number of hydrogen-bond donors (Lipinski definition) is 10. The van der Waals surface area contributed by atoms with E-state index in [-0.39, 0.29) is 30.2 Å². The van der Waals surface area contributed by atoms with Crippen molar-refractivity contribution in [2.24, 2.45) is 11.8 Å². The van der Waals surface area contributed by atoms with Crippen LogP contribution in [0.15, 0.2) is 46.5 Å². The lowest BCUT2D eigenvalue weighted by Crippen LogP contribution is -2.53. The molecule has 5 aliphatic rings. The Morgan fingerprint density at radius 3 is 1.59 bits per heavy atom. The summed E-state index contributed by atoms with van der Waals surface area (Å²) in [6.45, 7) is 6.65. The number of nitrogens with zero attached hydrogens (tertiary/aromatic N) is 2. The maximum Gasteiger partial charge on any atom is 0.330 e. The van der Waals surface area contributed by atoms with Crippen LogP contribution in [0.3, 0.4) is 0 Å². The summed E-state index contributed by atoms with van der Waals surface area (Å²) in [6.07, 6.45) is -5.61. The van der Waals surface area contributed by atoms with Crippen LogP contribution in [-0.4, -0.2) is 167 Å². The molecule has 76 heavy (non-hydrogen) atoms. The van der Waals surface area contributed by atoms with Gasteiger partial charge in [0.1, 0.15) is 53.5 Å². The molecule has 0 bridgehead atoms. The lowest BCUT2D eigenvalue weighted by molar-refractivity contribution is -0.149. The predicted molar refractivity (Wildman–Crippen MR) is 268 cm³/mol. The molecule has 0 radical (unpaired) electrons. The number of rotatable bonds is 22. The molecule has 1 aromatic rings. The molecule has 0 aliphatic carbocycles. The van der Waals surface area contributed by atoms with Gasteiger partial charge in [0.05, 0.1) is 37.3 Å². The molecular weight excluding hydrogens is 1090 g/mol. The van der Waals surface area contributed by atoms with Crippen LogP contribution in [0.1, 0.15) is 74.5 Å². The maximum absolute atomic E-state index is 13.8. The average molecular weight is 1160 g/mol. The van der Waals surface area contributed by atoms with E-state index in [4.69, 9.17) is 28.0 Å². The van der Waals surface area contributed by atoms with Crippen molar-refractivity contribution in [3.8, 4) is 0 Å². The summed E-state index contributed by atoms with van der Waals surface area (Å²) in [6, 6.07) is -1.13. The average Bonchev–Trinajstić information content (AvgIpc) is 3.97. The molecule has 4 fully saturated rings. The van der Waals surface area contributed by atoms with Gasteiger partial charge in [-0.3, -0.25) is 67.7 Å². The number of hydrogen-bond acceptors (Lipinski definition) is 24. The number of aromatic amines is 1. The first-order valence-electron chi connectivity index (χ1n) is 23.6. The van der Waals surface area contributed by atoms with Crippen LogP contribution < -0.4 is 37.4 Å². The van der Waals surface area contributed by atoms with Gasteiger partial charge in [-0.2, -0.15) is 0 Å². The van der Waals surface area contributed by atoms with Crippen LogP contribution in [0, 0.1) is 11.8 Å². The van der Waals surface area contributed by atoms with E-state index in [0.717, 1.165) is 28.2 Å². The Morgan fingerprint density at radius 2 is 1.20 bits per heavy atom. The minimum absolute atomic E-state index is 0.0552. The summed E-state index contributed by atoms with van der Waals surface area (Å²) in [4.78, 5) is 110. The molecule has 33 heteroatoms. The molecule has 1 aromatic heterocycles. The molecule has 4 saturated heterocycles. The van der Waals surface area contributed by atoms with Crippen molar-refractivity contribution in [3.05, 3.63) is 57.8 Å². The first kappa shape index (κ1) is 62.3. The second-order valence-corrected chi connectivity index (χ2v) is 27.7. The molecule has 6 heterocycles. The number of carbonyl (C=O) groups excluding carboxylic acids is 7. The number of aromatic nitrogens is 2. The Kier molecular flexibility index (Phi) is 20.9. The van der Waals surface area contributed by atoms with E-state index in [1.165, 1.54) is 44.9 Å². The molecule has 10 N–H and O–H groups in total. The van der Waals surface area contributed by atoms with Gasteiger partial charge >= 0.3 is 31.1 Å². The van der Waals surface area contributed by atoms with Gasteiger partial charge in [0.25, 0.3) is 11.5 Å². The van der Waals surface area contributed by atoms with Crippen molar-refractivity contribution in [2.75, 3.05) is 24.7 Å². The number of carbonyl (C=O) groups is 7. The second kappa shape index (κ2) is 25.5. The van der Waals surface area contributed by atoms with E-state index in [0.29, 0.717) is 11.4 Å². The SMILES string of the molecule is C=C1NC(=O)C=CN1[C@@H]1O[C@H](CO[P@@](=O)(N[C@H](C)C(=O)OC(C)C)SCC2CC(=O)NC2=O)[C@@H](O)[C@@]1(C)O.CC(C)OC(=O)[C@@H](C)NP(=O)(OC[C@H]1O[C@@H](n2ccc(=O)[nH]c2=O)[C@](C)(O)[C@@H]1O)SCC1CC(=O)NC1=O. The molecule has 29 nitrogen and oxygen atoms in total. The van der Waals surface area contributed by atoms with Crippen LogP contribution in [0.25, 0.3) is 0 Å². The molecule has 0 aromatic carbocycles. The maximum atomic E-state index is 13.8. The summed E-state index contributed by atoms with van der Waals surface area (Å²) in [5, 5.41) is 55.3. The number of amides is 5. The Labute approximate surface area is 442 Å². The highest BCUT2D eigenvalue weighted by Crippen LogP contribution is 2.59. The van der Waals surface area contributed by atoms with Crippen LogP contribution in [-0.2, 0) is 70.7 Å². The summed E-state index contributed by atoms with van der Waals surface area (Å²) in [5.74, 6) is -5.30. The Hall–Kier alpha value is -4.59. The fourth-order valence-electron chi connectivity index (χ4n) is 7.75. The van der Waals surface area contributed by atoms with E-state index in [9.17, 15) is 72.7 Å². The zero-order chi connectivity index (χ0) is 56.8. The van der Waals surface area contributed by atoms with E-state index in [1.54, 1.807) is 27.7 Å². The van der Waals surface area contributed by atoms with Crippen molar-refractivity contribution in [1.82, 2.24) is 40.6 Å². The lowest BCUT2D eigenvalue weighted by Gasteiger charge is -2.37. The third-order valence-electron chi connectivity index (χ3n) is 11.8. The molecule has 3 unspecified atom stereocenters. The number of aliphatic hydroxyl groups is 4. The zero-order valence-corrected chi connectivity index (χ0v) is 45.9. The largest absolute Gasteiger partial charge is 0.462 e. The van der Waals surface area contributed by atoms with Crippen LogP contribution in [0.2, 0.25) is 0 Å². The molecular formula is C43H64N8O21P2S2. The first-order chi connectivity index (χ1) is 35.2. The normalized spacial score (nSPS) is 30.8. The smallest absolute Gasteiger partial charge is 0.330 e. The van der Waals surface area contributed by atoms with E-state index >= 15 is 0 Å². The number of nitrogens with one attached hydrogen (secondary N) is 6. The summed E-state index contributed by atoms with van der Waals surface area (Å²) >= 11 is 1.41. The lowest BCUT2D eigenvalue weighted by atomic mass is 9.96. The molecule has 5 aliphatic heterocycles. The first-order valence-corrected chi connectivity index (χ1v) is 30.0. The minimum Gasteiger partial charge on any atom is -0.462 e. The highest BCUT2D eigenvalue weighted by atomic mass is 32.7. The Morgan fingerprint density at radius 1 is 0.763 bits per heavy atom. The molecule has 5 amide bonds. The predicted octanol–water partition coefficient (Wildman–Crippen LogP) is -1.31. The number of ether oxygens (including phenoxy) is 4. The fourth-order valence-corrected chi connectivity index (χ4v) is 15.8. The zero-order valence-electron chi connectivity index (χ0n) is 42.5. The van der Waals surface area contributed by atoms with Crippen molar-refractivity contribution in [2.45, 2.75) is 141 Å². The topological polar surface area (TPSA) is 408 Å². The fraction of sp³-hybridized carbons (Fsp3) is 0.651. The van der Waals surface area contributed by atoms with Crippen LogP contribution >= 0.6 is 36.2 Å². The summed E-state index contributed by atoms with van der Waals surface area (Å²) in [5.41, 5.74) is -5.43. The standard InChI is InChI=1S/C22H33N4O10PS.C21H31N4O11PS/c1-11(2)35-20(31)12(3)25-37(33,38-10-14-8-17(28)24-19(14)30)34-9-15-18(29)22(5,32)21(36-15)26-7-6-16(27)23-13(26)4;1-10(2)35-18(30)11(3)24-37(33,38-9-12-7-15(27)22-17(12)29)34-8-13-16(28)21(4,32)19(36-13)25-6-5-14(26)23-20(25)31/h6-7,11-12,14-15,18,21,29,32H,4,8-10H2,1-3,5H3,(H,23,27)(H,25,33)(H,24,28,30);5-6,10-13,16,19,28,32H,7-9H2,1-4H3,(H,24,33)(H,22,27,29)(H,23,26,31)/t12-,14?,15-,18-,21-,22-,37+;11-,12?,13-,16-,19-,21-,37?/m11/s1. The van der Waals surface area contributed by atoms with E-state index < -0.39 is 164 Å². The molecule has 14 atom stereocenters. The van der Waals surface area contributed by atoms with Crippen molar-refractivity contribution in [3.63, 3.8) is 0 Å². The molecule has 6 rings (SSSR count). The molecule has 0 spiro atoms. The van der Waals surface area contributed by atoms with E-state index in [2.05, 4.69) is 32.7 Å². The van der Waals surface area contributed by atoms with Crippen molar-refractivity contribution in [1.29, 1.82) is 0 Å². The summed E-state index contributed by atoms with van der Waals surface area (Å²) < 4.78 is 61.4. The van der Waals surface area contributed by atoms with Gasteiger partial charge < -0.3 is 58.6 Å². The van der Waals surface area contributed by atoms with Gasteiger partial charge in [0, 0.05) is 48.9 Å². The highest BCUT2D eigenvalue weighted by molar-refractivity contribution is 8.56. The highest BCUT2D eigenvalue weighted by Gasteiger charge is 2.56. The quantitative estimate of drug-likeness (QED) is 0.0366. The molecule has 0 saturated carbocycles. The van der Waals surface area contributed by atoms with Gasteiger partial charge in [0.15, 0.2) is 12.5 Å². The van der Waals surface area contributed by atoms with Gasteiger partial charge in [-0.15, -0.1) is 0 Å². The van der Waals surface area contributed by atoms with Crippen molar-refractivity contribution < 1.29 is 91.1 Å². The minimum atomic E-state index is -4.01. The number of esters is 2. The second-order valence-electron chi connectivity index (χ2n) is 19.0. The third-order valence-corrected chi connectivity index (χ3v) is 20.2. The van der Waals surface area contributed by atoms with Gasteiger partial charge in [-0.05, 0) is 55.4 Å². The van der Waals surface area contributed by atoms with Crippen LogP contribution in [0.5, 0.6) is 0 Å². The van der Waals surface area contributed by atoms with Gasteiger partial charge in [0.2, 0.25) is 23.6 Å².